The van der Waals surface area contributed by atoms with Crippen molar-refractivity contribution in [2.45, 2.75) is 0 Å². The van der Waals surface area contributed by atoms with Gasteiger partial charge in [0.2, 0.25) is 0 Å². The molecule has 0 aliphatic heterocycles. The Morgan fingerprint density at radius 3 is 2.92 bits per heavy atom. The third kappa shape index (κ3) is 1.12. The highest BCUT2D eigenvalue weighted by molar-refractivity contribution is 5.46. The van der Waals surface area contributed by atoms with Gasteiger partial charge in [0.1, 0.15) is 0 Å². The summed E-state index contributed by atoms with van der Waals surface area (Å²) in [6.07, 6.45) is 1.38. The van der Waals surface area contributed by atoms with E-state index < -0.39 is 0 Å². The van der Waals surface area contributed by atoms with Crippen molar-refractivity contribution in [3.63, 3.8) is 0 Å². The molecule has 0 radical (unpaired) electrons. The number of rotatable bonds is 1. The average Bonchev–Trinajstić information content (AvgIpc) is 2.56. The number of benzene rings is 1. The SMILES string of the molecule is Nc1cccc(-n2ncnn2)c1. The van der Waals surface area contributed by atoms with Crippen LogP contribution in [0.4, 0.5) is 5.69 Å². The fourth-order valence-corrected chi connectivity index (χ4v) is 0.935. The zero-order valence-electron chi connectivity index (χ0n) is 6.25. The number of hydrogen-bond acceptors (Lipinski definition) is 4. The van der Waals surface area contributed by atoms with Gasteiger partial charge in [-0.25, -0.2) is 0 Å². The minimum Gasteiger partial charge on any atom is -0.399 e. The lowest BCUT2D eigenvalue weighted by Gasteiger charge is -1.97. The lowest BCUT2D eigenvalue weighted by Crippen LogP contribution is -1.99. The normalized spacial score (nSPS) is 10.0. The zero-order valence-corrected chi connectivity index (χ0v) is 6.25. The van der Waals surface area contributed by atoms with E-state index in [1.54, 1.807) is 12.1 Å². The van der Waals surface area contributed by atoms with Crippen LogP contribution in [0.5, 0.6) is 0 Å². The molecule has 0 amide bonds. The molecule has 2 N–H and O–H groups in total. The van der Waals surface area contributed by atoms with Crippen molar-refractivity contribution < 1.29 is 0 Å². The van der Waals surface area contributed by atoms with Crippen molar-refractivity contribution in [3.8, 4) is 5.69 Å². The first-order valence-electron chi connectivity index (χ1n) is 3.45. The lowest BCUT2D eigenvalue weighted by molar-refractivity contribution is 0.720. The molecule has 0 saturated heterocycles. The van der Waals surface area contributed by atoms with Crippen LogP contribution in [0, 0.1) is 0 Å². The van der Waals surface area contributed by atoms with Gasteiger partial charge in [-0.3, -0.25) is 0 Å². The Kier molecular flexibility index (Phi) is 1.48. The summed E-state index contributed by atoms with van der Waals surface area (Å²) in [4.78, 5) is 1.41. The molecule has 5 nitrogen and oxygen atoms in total. The molecule has 1 aromatic carbocycles. The summed E-state index contributed by atoms with van der Waals surface area (Å²) in [5, 5.41) is 11.2. The highest BCUT2D eigenvalue weighted by Crippen LogP contribution is 2.08. The molecule has 0 atom stereocenters. The van der Waals surface area contributed by atoms with E-state index in [-0.39, 0.29) is 0 Å². The van der Waals surface area contributed by atoms with Crippen LogP contribution in [0.15, 0.2) is 30.6 Å². The molecule has 0 aliphatic rings. The van der Waals surface area contributed by atoms with Gasteiger partial charge in [0.15, 0.2) is 6.33 Å². The van der Waals surface area contributed by atoms with Gasteiger partial charge in [-0.1, -0.05) is 6.07 Å². The first-order valence-corrected chi connectivity index (χ1v) is 3.45. The summed E-state index contributed by atoms with van der Waals surface area (Å²) in [6, 6.07) is 7.29. The number of tetrazole rings is 1. The minimum absolute atomic E-state index is 0.685. The Labute approximate surface area is 68.8 Å². The van der Waals surface area contributed by atoms with Crippen LogP contribution in [-0.2, 0) is 0 Å². The Hall–Kier alpha value is -1.91. The Morgan fingerprint density at radius 1 is 1.33 bits per heavy atom. The van der Waals surface area contributed by atoms with Crippen molar-refractivity contribution in [2.24, 2.45) is 0 Å². The highest BCUT2D eigenvalue weighted by Gasteiger charge is 1.96. The molecule has 1 heterocycles. The van der Waals surface area contributed by atoms with Gasteiger partial charge in [-0.2, -0.15) is 0 Å². The van der Waals surface area contributed by atoms with E-state index in [1.807, 2.05) is 12.1 Å². The molecule has 1 aromatic heterocycles. The summed E-state index contributed by atoms with van der Waals surface area (Å²) in [5.41, 5.74) is 7.07. The van der Waals surface area contributed by atoms with Crippen LogP contribution >= 0.6 is 0 Å². The molecule has 0 unspecified atom stereocenters. The van der Waals surface area contributed by atoms with Gasteiger partial charge in [0.05, 0.1) is 5.69 Å². The Balaban J connectivity index is 2.48. The molecule has 0 bridgehead atoms. The van der Waals surface area contributed by atoms with E-state index in [0.717, 1.165) is 5.69 Å². The summed E-state index contributed by atoms with van der Waals surface area (Å²) in [6.45, 7) is 0. The molecule has 0 aliphatic carbocycles. The second kappa shape index (κ2) is 2.61. The molecule has 0 spiro atoms. The first kappa shape index (κ1) is 6.78. The van der Waals surface area contributed by atoms with Crippen molar-refractivity contribution >= 4 is 5.69 Å². The topological polar surface area (TPSA) is 69.6 Å². The largest absolute Gasteiger partial charge is 0.399 e. The maximum absolute atomic E-state index is 5.58. The Morgan fingerprint density at radius 2 is 2.25 bits per heavy atom. The predicted octanol–water partition coefficient (Wildman–Crippen LogP) is 0.244. The summed E-state index contributed by atoms with van der Waals surface area (Å²) in [5.74, 6) is 0. The van der Waals surface area contributed by atoms with Crippen molar-refractivity contribution in [3.05, 3.63) is 30.6 Å². The number of nitrogens with two attached hydrogens (primary N) is 1. The molecular formula is C7H7N5. The predicted molar refractivity (Wildman–Crippen MR) is 43.6 cm³/mol. The van der Waals surface area contributed by atoms with E-state index >= 15 is 0 Å². The number of anilines is 1. The number of nitrogens with zero attached hydrogens (tertiary/aromatic N) is 4. The monoisotopic (exact) mass is 161 g/mol. The molecule has 2 rings (SSSR count). The van der Waals surface area contributed by atoms with Crippen molar-refractivity contribution in [1.29, 1.82) is 0 Å². The maximum atomic E-state index is 5.58. The van der Waals surface area contributed by atoms with E-state index in [9.17, 15) is 0 Å². The van der Waals surface area contributed by atoms with E-state index in [4.69, 9.17) is 5.73 Å². The lowest BCUT2D eigenvalue weighted by atomic mass is 10.3. The number of aromatic nitrogens is 4. The molecule has 5 heteroatoms. The van der Waals surface area contributed by atoms with Crippen LogP contribution in [0.2, 0.25) is 0 Å². The van der Waals surface area contributed by atoms with Crippen molar-refractivity contribution in [2.75, 3.05) is 5.73 Å². The zero-order chi connectivity index (χ0) is 8.39. The number of nitrogen functional groups attached to an aromatic ring is 1. The molecular weight excluding hydrogens is 154 g/mol. The van der Waals surface area contributed by atoms with Crippen molar-refractivity contribution in [1.82, 2.24) is 20.2 Å². The van der Waals surface area contributed by atoms with E-state index in [1.165, 1.54) is 11.1 Å². The Bertz CT molecular complexity index is 367. The molecule has 0 saturated carbocycles. The summed E-state index contributed by atoms with van der Waals surface area (Å²) < 4.78 is 0. The van der Waals surface area contributed by atoms with Gasteiger partial charge in [-0.15, -0.1) is 15.0 Å². The van der Waals surface area contributed by atoms with E-state index in [0.29, 0.717) is 5.69 Å². The van der Waals surface area contributed by atoms with Gasteiger partial charge in [0, 0.05) is 5.69 Å². The minimum atomic E-state index is 0.685. The van der Waals surface area contributed by atoms with Gasteiger partial charge >= 0.3 is 0 Å². The smallest absolute Gasteiger partial charge is 0.162 e. The van der Waals surface area contributed by atoms with Crippen LogP contribution in [0.1, 0.15) is 0 Å². The molecule has 60 valence electrons. The van der Waals surface area contributed by atoms with Crippen LogP contribution in [0.25, 0.3) is 5.69 Å². The third-order valence-corrected chi connectivity index (χ3v) is 1.45. The second-order valence-corrected chi connectivity index (χ2v) is 2.32. The van der Waals surface area contributed by atoms with Crippen LogP contribution < -0.4 is 5.73 Å². The fraction of sp³-hybridized carbons (Fsp3) is 0. The average molecular weight is 161 g/mol. The van der Waals surface area contributed by atoms with Crippen LogP contribution in [0.3, 0.4) is 0 Å². The van der Waals surface area contributed by atoms with Crippen LogP contribution in [-0.4, -0.2) is 20.2 Å². The summed E-state index contributed by atoms with van der Waals surface area (Å²) >= 11 is 0. The second-order valence-electron chi connectivity index (χ2n) is 2.32. The quantitative estimate of drug-likeness (QED) is 0.608. The first-order chi connectivity index (χ1) is 5.86. The highest BCUT2D eigenvalue weighted by atomic mass is 15.6. The van der Waals surface area contributed by atoms with Gasteiger partial charge < -0.3 is 5.73 Å². The van der Waals surface area contributed by atoms with Gasteiger partial charge in [0.25, 0.3) is 0 Å². The van der Waals surface area contributed by atoms with Gasteiger partial charge in [-0.05, 0) is 23.4 Å². The third-order valence-electron chi connectivity index (χ3n) is 1.45. The molecule has 12 heavy (non-hydrogen) atoms. The molecule has 2 aromatic rings. The summed E-state index contributed by atoms with van der Waals surface area (Å²) in [7, 11) is 0. The molecule has 0 fully saturated rings. The fourth-order valence-electron chi connectivity index (χ4n) is 0.935. The maximum Gasteiger partial charge on any atom is 0.162 e. The number of hydrogen-bond donors (Lipinski definition) is 1. The standard InChI is InChI=1S/C7H7N5/c8-6-2-1-3-7(4-6)12-10-5-9-11-12/h1-5H,8H2. The van der Waals surface area contributed by atoms with E-state index in [2.05, 4.69) is 15.4 Å².